The van der Waals surface area contributed by atoms with Crippen LogP contribution in [-0.2, 0) is 33.3 Å². The number of hydrogen-bond donors (Lipinski definition) is 2. The maximum absolute atomic E-state index is 12.6. The molecule has 0 bridgehead atoms. The van der Waals surface area contributed by atoms with E-state index in [2.05, 4.69) is 9.97 Å². The van der Waals surface area contributed by atoms with E-state index in [0.717, 1.165) is 18.4 Å². The number of rotatable bonds is 5. The number of H-pyrrole nitrogens is 2. The minimum absolute atomic E-state index is 0.0993. The molecule has 12 heteroatoms. The monoisotopic (exact) mass is 409 g/mol. The van der Waals surface area contributed by atoms with Gasteiger partial charge in [0.1, 0.15) is 18.2 Å². The van der Waals surface area contributed by atoms with Crippen molar-refractivity contribution in [1.29, 1.82) is 0 Å². The van der Waals surface area contributed by atoms with Crippen LogP contribution >= 0.6 is 0 Å². The van der Waals surface area contributed by atoms with Crippen molar-refractivity contribution < 1.29 is 33.3 Å². The summed E-state index contributed by atoms with van der Waals surface area (Å²) in [7, 11) is 0. The molecule has 0 radical (unpaired) electrons. The van der Waals surface area contributed by atoms with Gasteiger partial charge < -0.3 is 23.9 Å². The fourth-order valence-corrected chi connectivity index (χ4v) is 3.23. The zero-order chi connectivity index (χ0) is 21.3. The van der Waals surface area contributed by atoms with Crippen LogP contribution in [0.1, 0.15) is 27.0 Å². The lowest BCUT2D eigenvalue weighted by atomic mass is 10.1. The van der Waals surface area contributed by atoms with E-state index in [0.29, 0.717) is 0 Å². The minimum Gasteiger partial charge on any atom is -0.463 e. The second-order valence-corrected chi connectivity index (χ2v) is 6.38. The van der Waals surface area contributed by atoms with Crippen molar-refractivity contribution in [3.63, 3.8) is 0 Å². The third-order valence-corrected chi connectivity index (χ3v) is 4.25. The van der Waals surface area contributed by atoms with E-state index in [1.807, 2.05) is 0 Å². The van der Waals surface area contributed by atoms with Gasteiger partial charge in [0.05, 0.1) is 5.52 Å². The summed E-state index contributed by atoms with van der Waals surface area (Å²) in [5, 5.41) is 0. The molecule has 156 valence electrons. The number of aromatic nitrogens is 3. The standard InChI is InChI=1S/C17H19N3O9/c1-7(21)26-6-11-13(27-8(2)22)14(28-9(3)23)16(29-11)20-10-4-5-18-12(10)15(24)19-17(20)25/h4-5,11,13-14,16,18H,6H2,1-3H3,(H,19,24,25)/t11-,13-,14+,16-/m1/s1. The number of carbonyl (C=O) groups excluding carboxylic acids is 3. The lowest BCUT2D eigenvalue weighted by Crippen LogP contribution is -2.42. The molecular formula is C17H19N3O9. The molecule has 3 heterocycles. The maximum atomic E-state index is 12.6. The zero-order valence-corrected chi connectivity index (χ0v) is 15.8. The summed E-state index contributed by atoms with van der Waals surface area (Å²) in [5.41, 5.74) is -1.17. The summed E-state index contributed by atoms with van der Waals surface area (Å²) in [6, 6.07) is 1.47. The molecule has 3 rings (SSSR count). The number of ether oxygens (including phenoxy) is 4. The summed E-state index contributed by atoms with van der Waals surface area (Å²) in [4.78, 5) is 63.9. The first kappa shape index (κ1) is 20.3. The van der Waals surface area contributed by atoms with Gasteiger partial charge in [0, 0.05) is 27.0 Å². The molecule has 0 aromatic carbocycles. The predicted molar refractivity (Wildman–Crippen MR) is 94.8 cm³/mol. The Bertz CT molecular complexity index is 1070. The molecule has 0 saturated carbocycles. The van der Waals surface area contributed by atoms with E-state index in [1.54, 1.807) is 0 Å². The summed E-state index contributed by atoms with van der Waals surface area (Å²) < 4.78 is 22.4. The van der Waals surface area contributed by atoms with Gasteiger partial charge in [-0.2, -0.15) is 0 Å². The molecule has 29 heavy (non-hydrogen) atoms. The van der Waals surface area contributed by atoms with Crippen LogP contribution in [0.3, 0.4) is 0 Å². The molecule has 2 aromatic heterocycles. The van der Waals surface area contributed by atoms with E-state index in [9.17, 15) is 24.0 Å². The Morgan fingerprint density at radius 3 is 2.34 bits per heavy atom. The third kappa shape index (κ3) is 4.06. The molecule has 4 atom stereocenters. The quantitative estimate of drug-likeness (QED) is 0.483. The first-order valence-corrected chi connectivity index (χ1v) is 8.64. The van der Waals surface area contributed by atoms with Crippen molar-refractivity contribution in [1.82, 2.24) is 14.5 Å². The Balaban J connectivity index is 2.11. The molecular weight excluding hydrogens is 390 g/mol. The van der Waals surface area contributed by atoms with Gasteiger partial charge >= 0.3 is 23.6 Å². The smallest absolute Gasteiger partial charge is 0.331 e. The molecule has 1 aliphatic heterocycles. The zero-order valence-electron chi connectivity index (χ0n) is 15.8. The molecule has 12 nitrogen and oxygen atoms in total. The van der Waals surface area contributed by atoms with Crippen molar-refractivity contribution in [2.45, 2.75) is 45.3 Å². The van der Waals surface area contributed by atoms with E-state index < -0.39 is 53.7 Å². The van der Waals surface area contributed by atoms with Gasteiger partial charge in [0.25, 0.3) is 5.56 Å². The lowest BCUT2D eigenvalue weighted by molar-refractivity contribution is -0.166. The highest BCUT2D eigenvalue weighted by Gasteiger charge is 2.51. The van der Waals surface area contributed by atoms with E-state index >= 15 is 0 Å². The number of nitrogens with zero attached hydrogens (tertiary/aromatic N) is 1. The lowest BCUT2D eigenvalue weighted by Gasteiger charge is -2.24. The van der Waals surface area contributed by atoms with Crippen molar-refractivity contribution in [3.05, 3.63) is 33.1 Å². The Labute approximate surface area is 162 Å². The van der Waals surface area contributed by atoms with Crippen LogP contribution in [0, 0.1) is 0 Å². The van der Waals surface area contributed by atoms with Gasteiger partial charge in [-0.15, -0.1) is 0 Å². The van der Waals surface area contributed by atoms with E-state index in [1.165, 1.54) is 19.2 Å². The van der Waals surface area contributed by atoms with E-state index in [4.69, 9.17) is 18.9 Å². The van der Waals surface area contributed by atoms with Gasteiger partial charge in [0.15, 0.2) is 18.4 Å². The maximum Gasteiger partial charge on any atom is 0.331 e. The minimum atomic E-state index is -1.26. The summed E-state index contributed by atoms with van der Waals surface area (Å²) >= 11 is 0. The topological polar surface area (TPSA) is 159 Å². The molecule has 1 aliphatic rings. The number of aromatic amines is 2. The Kier molecular flexibility index (Phi) is 5.55. The summed E-state index contributed by atoms with van der Waals surface area (Å²) in [6.07, 6.45) is -3.23. The van der Waals surface area contributed by atoms with Gasteiger partial charge in [-0.1, -0.05) is 0 Å². The van der Waals surface area contributed by atoms with Crippen molar-refractivity contribution >= 4 is 28.9 Å². The van der Waals surface area contributed by atoms with E-state index in [-0.39, 0.29) is 17.6 Å². The number of hydrogen-bond acceptors (Lipinski definition) is 9. The van der Waals surface area contributed by atoms with Crippen LogP contribution < -0.4 is 11.2 Å². The molecule has 2 aromatic rings. The third-order valence-electron chi connectivity index (χ3n) is 4.25. The van der Waals surface area contributed by atoms with Gasteiger partial charge in [-0.25, -0.2) is 4.79 Å². The van der Waals surface area contributed by atoms with Gasteiger partial charge in [-0.3, -0.25) is 28.7 Å². The molecule has 2 N–H and O–H groups in total. The summed E-state index contributed by atoms with van der Waals surface area (Å²) in [6.45, 7) is 3.17. The van der Waals surface area contributed by atoms with Gasteiger partial charge in [-0.05, 0) is 6.07 Å². The first-order valence-electron chi connectivity index (χ1n) is 8.64. The average molecular weight is 409 g/mol. The highest BCUT2D eigenvalue weighted by Crippen LogP contribution is 2.34. The number of nitrogens with one attached hydrogen (secondary N) is 2. The fourth-order valence-electron chi connectivity index (χ4n) is 3.23. The average Bonchev–Trinajstić information content (AvgIpc) is 3.20. The second kappa shape index (κ2) is 7.91. The van der Waals surface area contributed by atoms with Crippen molar-refractivity contribution in [2.75, 3.05) is 6.61 Å². The van der Waals surface area contributed by atoms with Crippen LogP contribution in [0.5, 0.6) is 0 Å². The number of esters is 3. The first-order chi connectivity index (χ1) is 13.7. The van der Waals surface area contributed by atoms with Crippen molar-refractivity contribution in [2.24, 2.45) is 0 Å². The Morgan fingerprint density at radius 2 is 1.72 bits per heavy atom. The molecule has 0 unspecified atom stereocenters. The fraction of sp³-hybridized carbons (Fsp3) is 0.471. The summed E-state index contributed by atoms with van der Waals surface area (Å²) in [5.74, 6) is -2.00. The molecule has 1 fully saturated rings. The SMILES string of the molecule is CC(=O)OC[C@H]1O[C@@H](n2c(=O)[nH]c(=O)c3[nH]ccc32)[C@@H](OC(C)=O)[C@@H]1OC(C)=O. The predicted octanol–water partition coefficient (Wildman–Crippen LogP) is -0.658. The van der Waals surface area contributed by atoms with Crippen LogP contribution in [0.15, 0.2) is 21.9 Å². The highest BCUT2D eigenvalue weighted by molar-refractivity contribution is 5.74. The Morgan fingerprint density at radius 1 is 1.07 bits per heavy atom. The Hall–Kier alpha value is -3.41. The number of carbonyl (C=O) groups is 3. The molecule has 1 saturated heterocycles. The molecule has 0 spiro atoms. The van der Waals surface area contributed by atoms with Crippen LogP contribution in [0.4, 0.5) is 0 Å². The van der Waals surface area contributed by atoms with Crippen LogP contribution in [0.2, 0.25) is 0 Å². The van der Waals surface area contributed by atoms with Crippen LogP contribution in [0.25, 0.3) is 11.0 Å². The molecule has 0 aliphatic carbocycles. The largest absolute Gasteiger partial charge is 0.463 e. The molecule has 0 amide bonds. The normalized spacial score (nSPS) is 23.7. The van der Waals surface area contributed by atoms with Crippen LogP contribution in [-0.4, -0.2) is 57.4 Å². The van der Waals surface area contributed by atoms with Gasteiger partial charge in [0.2, 0.25) is 0 Å². The number of fused-ring (bicyclic) bond motifs is 1. The van der Waals surface area contributed by atoms with Crippen molar-refractivity contribution in [3.8, 4) is 0 Å². The second-order valence-electron chi connectivity index (χ2n) is 6.38. The highest BCUT2D eigenvalue weighted by atomic mass is 16.7.